The Balaban J connectivity index is 1.89. The lowest BCUT2D eigenvalue weighted by atomic mass is 10.1. The fourth-order valence-electron chi connectivity index (χ4n) is 2.18. The first-order chi connectivity index (χ1) is 11.6. The summed E-state index contributed by atoms with van der Waals surface area (Å²) < 4.78 is 5.62. The maximum atomic E-state index is 12.0. The molecule has 0 spiro atoms. The van der Waals surface area contributed by atoms with E-state index in [0.717, 1.165) is 42.0 Å². The number of carbonyl (C=O) groups excluding carboxylic acids is 1. The molecule has 0 unspecified atom stereocenters. The van der Waals surface area contributed by atoms with Crippen LogP contribution >= 0.6 is 0 Å². The van der Waals surface area contributed by atoms with Crippen LogP contribution in [0.3, 0.4) is 0 Å². The molecule has 1 amide bonds. The molecule has 2 rings (SSSR count). The van der Waals surface area contributed by atoms with Crippen molar-refractivity contribution in [3.05, 3.63) is 65.2 Å². The molecule has 3 nitrogen and oxygen atoms in total. The maximum Gasteiger partial charge on any atom is 0.248 e. The van der Waals surface area contributed by atoms with Crippen LogP contribution in [0.1, 0.15) is 36.5 Å². The predicted octanol–water partition coefficient (Wildman–Crippen LogP) is 5.13. The van der Waals surface area contributed by atoms with Crippen LogP contribution in [0.15, 0.2) is 48.5 Å². The summed E-state index contributed by atoms with van der Waals surface area (Å²) in [5.41, 5.74) is 4.15. The van der Waals surface area contributed by atoms with Gasteiger partial charge in [-0.3, -0.25) is 4.79 Å². The highest BCUT2D eigenvalue weighted by Crippen LogP contribution is 2.15. The second kappa shape index (κ2) is 8.92. The predicted molar refractivity (Wildman–Crippen MR) is 100 cm³/mol. The second-order valence-electron chi connectivity index (χ2n) is 5.89. The summed E-state index contributed by atoms with van der Waals surface area (Å²) in [6.07, 6.45) is 5.52. The Kier molecular flexibility index (Phi) is 6.62. The molecule has 0 aliphatic carbocycles. The monoisotopic (exact) mass is 323 g/mol. The molecule has 0 saturated heterocycles. The summed E-state index contributed by atoms with van der Waals surface area (Å²) in [5, 5.41) is 2.88. The minimum atomic E-state index is -0.137. The SMILES string of the molecule is CCCCOc1ccc(C=CC(=O)Nc2ccc(C)c(C)c2)cc1. The number of hydrogen-bond donors (Lipinski definition) is 1. The lowest BCUT2D eigenvalue weighted by Gasteiger charge is -2.06. The average molecular weight is 323 g/mol. The Labute approximate surface area is 144 Å². The molecule has 0 atom stereocenters. The zero-order valence-corrected chi connectivity index (χ0v) is 14.6. The second-order valence-corrected chi connectivity index (χ2v) is 5.89. The minimum Gasteiger partial charge on any atom is -0.494 e. The molecule has 0 bridgehead atoms. The summed E-state index contributed by atoms with van der Waals surface area (Å²) in [4.78, 5) is 12.0. The average Bonchev–Trinajstić information content (AvgIpc) is 2.58. The Morgan fingerprint density at radius 1 is 1.08 bits per heavy atom. The van der Waals surface area contributed by atoms with Gasteiger partial charge in [-0.15, -0.1) is 0 Å². The summed E-state index contributed by atoms with van der Waals surface area (Å²) in [5.74, 6) is 0.724. The Bertz CT molecular complexity index is 702. The summed E-state index contributed by atoms with van der Waals surface area (Å²) in [6.45, 7) is 6.96. The number of carbonyl (C=O) groups is 1. The van der Waals surface area contributed by atoms with E-state index in [-0.39, 0.29) is 5.91 Å². The van der Waals surface area contributed by atoms with Crippen molar-refractivity contribution in [2.45, 2.75) is 33.6 Å². The third-order valence-electron chi connectivity index (χ3n) is 3.85. The van der Waals surface area contributed by atoms with Crippen LogP contribution in [0.2, 0.25) is 0 Å². The van der Waals surface area contributed by atoms with Gasteiger partial charge in [0.15, 0.2) is 0 Å². The highest BCUT2D eigenvalue weighted by atomic mass is 16.5. The molecular formula is C21H25NO2. The quantitative estimate of drug-likeness (QED) is 0.566. The number of rotatable bonds is 7. The van der Waals surface area contributed by atoms with Gasteiger partial charge in [0.1, 0.15) is 5.75 Å². The molecule has 2 aromatic carbocycles. The van der Waals surface area contributed by atoms with Crippen molar-refractivity contribution in [2.75, 3.05) is 11.9 Å². The first kappa shape index (κ1) is 17.8. The molecule has 0 fully saturated rings. The van der Waals surface area contributed by atoms with Crippen molar-refractivity contribution < 1.29 is 9.53 Å². The highest BCUT2D eigenvalue weighted by Gasteiger charge is 2.00. The molecule has 0 saturated carbocycles. The molecule has 24 heavy (non-hydrogen) atoms. The van der Waals surface area contributed by atoms with Crippen molar-refractivity contribution in [1.82, 2.24) is 0 Å². The van der Waals surface area contributed by atoms with E-state index in [0.29, 0.717) is 0 Å². The van der Waals surface area contributed by atoms with Crippen LogP contribution in [0.4, 0.5) is 5.69 Å². The number of hydrogen-bond acceptors (Lipinski definition) is 2. The molecule has 2 aromatic rings. The van der Waals surface area contributed by atoms with E-state index in [1.165, 1.54) is 5.56 Å². The van der Waals surface area contributed by atoms with E-state index >= 15 is 0 Å². The van der Waals surface area contributed by atoms with Crippen LogP contribution in [-0.4, -0.2) is 12.5 Å². The summed E-state index contributed by atoms with van der Waals surface area (Å²) in [6, 6.07) is 13.6. The number of ether oxygens (including phenoxy) is 1. The topological polar surface area (TPSA) is 38.3 Å². The van der Waals surface area contributed by atoms with Gasteiger partial charge in [-0.05, 0) is 67.3 Å². The van der Waals surface area contributed by atoms with Crippen molar-refractivity contribution in [2.24, 2.45) is 0 Å². The van der Waals surface area contributed by atoms with Gasteiger partial charge < -0.3 is 10.1 Å². The lowest BCUT2D eigenvalue weighted by Crippen LogP contribution is -2.07. The number of aryl methyl sites for hydroxylation is 2. The van der Waals surface area contributed by atoms with E-state index in [1.54, 1.807) is 12.2 Å². The number of nitrogens with one attached hydrogen (secondary N) is 1. The van der Waals surface area contributed by atoms with Crippen molar-refractivity contribution >= 4 is 17.7 Å². The van der Waals surface area contributed by atoms with E-state index in [2.05, 4.69) is 19.2 Å². The Morgan fingerprint density at radius 3 is 2.50 bits per heavy atom. The smallest absolute Gasteiger partial charge is 0.248 e. The number of amides is 1. The lowest BCUT2D eigenvalue weighted by molar-refractivity contribution is -0.111. The van der Waals surface area contributed by atoms with E-state index in [9.17, 15) is 4.79 Å². The summed E-state index contributed by atoms with van der Waals surface area (Å²) >= 11 is 0. The normalized spacial score (nSPS) is 10.8. The molecule has 3 heteroatoms. The summed E-state index contributed by atoms with van der Waals surface area (Å²) in [7, 11) is 0. The van der Waals surface area contributed by atoms with Gasteiger partial charge >= 0.3 is 0 Å². The van der Waals surface area contributed by atoms with Crippen molar-refractivity contribution in [3.8, 4) is 5.75 Å². The molecule has 1 N–H and O–H groups in total. The third kappa shape index (κ3) is 5.58. The number of benzene rings is 2. The van der Waals surface area contributed by atoms with E-state index < -0.39 is 0 Å². The Morgan fingerprint density at radius 2 is 1.83 bits per heavy atom. The molecule has 0 heterocycles. The molecule has 0 radical (unpaired) electrons. The number of unbranched alkanes of at least 4 members (excludes halogenated alkanes) is 1. The molecule has 0 aliphatic heterocycles. The van der Waals surface area contributed by atoms with E-state index in [4.69, 9.17) is 4.74 Å². The van der Waals surface area contributed by atoms with Crippen LogP contribution in [-0.2, 0) is 4.79 Å². The molecule has 0 aliphatic rings. The Hall–Kier alpha value is -2.55. The third-order valence-corrected chi connectivity index (χ3v) is 3.85. The van der Waals surface area contributed by atoms with Gasteiger partial charge in [-0.2, -0.15) is 0 Å². The van der Waals surface area contributed by atoms with Crippen molar-refractivity contribution in [1.29, 1.82) is 0 Å². The first-order valence-electron chi connectivity index (χ1n) is 8.37. The highest BCUT2D eigenvalue weighted by molar-refractivity contribution is 6.01. The maximum absolute atomic E-state index is 12.0. The zero-order chi connectivity index (χ0) is 17.4. The number of anilines is 1. The van der Waals surface area contributed by atoms with Gasteiger partial charge in [-0.25, -0.2) is 0 Å². The van der Waals surface area contributed by atoms with Gasteiger partial charge in [0, 0.05) is 11.8 Å². The van der Waals surface area contributed by atoms with Gasteiger partial charge in [0.25, 0.3) is 0 Å². The molecule has 126 valence electrons. The van der Waals surface area contributed by atoms with Crippen molar-refractivity contribution in [3.63, 3.8) is 0 Å². The first-order valence-corrected chi connectivity index (χ1v) is 8.37. The zero-order valence-electron chi connectivity index (χ0n) is 14.6. The fraction of sp³-hybridized carbons (Fsp3) is 0.286. The fourth-order valence-corrected chi connectivity index (χ4v) is 2.18. The van der Waals surface area contributed by atoms with Crippen LogP contribution < -0.4 is 10.1 Å². The molecular weight excluding hydrogens is 298 g/mol. The van der Waals surface area contributed by atoms with Crippen LogP contribution in [0, 0.1) is 13.8 Å². The standard InChI is InChI=1S/C21H25NO2/c1-4-5-14-24-20-11-7-18(8-12-20)9-13-21(23)22-19-10-6-16(2)17(3)15-19/h6-13,15H,4-5,14H2,1-3H3,(H,22,23). The van der Waals surface area contributed by atoms with Crippen LogP contribution in [0.5, 0.6) is 5.75 Å². The minimum absolute atomic E-state index is 0.137. The van der Waals surface area contributed by atoms with Gasteiger partial charge in [-0.1, -0.05) is 31.5 Å². The van der Waals surface area contributed by atoms with Gasteiger partial charge in [0.2, 0.25) is 5.91 Å². The van der Waals surface area contributed by atoms with Gasteiger partial charge in [0.05, 0.1) is 6.61 Å². The van der Waals surface area contributed by atoms with E-state index in [1.807, 2.05) is 49.4 Å². The molecule has 0 aromatic heterocycles. The largest absolute Gasteiger partial charge is 0.494 e. The van der Waals surface area contributed by atoms with Crippen LogP contribution in [0.25, 0.3) is 6.08 Å².